The molecule has 0 radical (unpaired) electrons. The third kappa shape index (κ3) is 26.5. The van der Waals surface area contributed by atoms with Gasteiger partial charge in [-0.1, -0.05) is 423 Å². The smallest absolute Gasteiger partial charge is 0.130 e. The summed E-state index contributed by atoms with van der Waals surface area (Å²) in [6.07, 6.45) is 3.52. The molecule has 0 aliphatic heterocycles. The molecule has 0 aliphatic carbocycles. The first kappa shape index (κ1) is 79.6. The summed E-state index contributed by atoms with van der Waals surface area (Å²) in [4.78, 5) is 16.0. The van der Waals surface area contributed by atoms with Crippen molar-refractivity contribution in [2.45, 2.75) is 6.92 Å². The molecule has 0 fully saturated rings. The molecule has 0 unspecified atom stereocenters. The predicted octanol–water partition coefficient (Wildman–Crippen LogP) is 20.4. The van der Waals surface area contributed by atoms with Crippen molar-refractivity contribution >= 4 is 130 Å². The second-order valence-electron chi connectivity index (χ2n) is 22.7. The Morgan fingerprint density at radius 2 is 0.362 bits per heavy atom. The summed E-state index contributed by atoms with van der Waals surface area (Å²) in [6, 6.07) is 151. The third-order valence-corrected chi connectivity index (χ3v) is 25.7. The van der Waals surface area contributed by atoms with Crippen molar-refractivity contribution in [3.05, 3.63) is 470 Å². The molecule has 0 amide bonds. The summed E-state index contributed by atoms with van der Waals surface area (Å²) < 4.78 is 0. The molecule has 12 aromatic carbocycles. The van der Waals surface area contributed by atoms with Gasteiger partial charge in [0, 0.05) is 38.5 Å². The number of hydrogen-bond acceptors (Lipinski definition) is 4. The fourth-order valence-corrected chi connectivity index (χ4v) is 20.4. The number of aryl methyl sites for hydroxylation is 1. The number of rotatable bonds is 13. The van der Waals surface area contributed by atoms with E-state index in [9.17, 15) is 0 Å². The second kappa shape index (κ2) is 45.7. The van der Waals surface area contributed by atoms with E-state index in [-0.39, 0.29) is 20.4 Å². The molecule has 0 atom stereocenters. The summed E-state index contributed by atoms with van der Waals surface area (Å²) in [6.45, 7) is 1.97. The van der Waals surface area contributed by atoms with Crippen molar-refractivity contribution in [2.75, 3.05) is 0 Å². The molecule has 520 valence electrons. The zero-order chi connectivity index (χ0) is 71.9. The Balaban J connectivity index is 0.000000145. The van der Waals surface area contributed by atoms with Gasteiger partial charge < -0.3 is 0 Å². The van der Waals surface area contributed by atoms with E-state index in [0.717, 1.165) is 17.1 Å². The van der Waals surface area contributed by atoms with Crippen LogP contribution in [0.4, 0.5) is 0 Å². The van der Waals surface area contributed by atoms with Crippen molar-refractivity contribution in [2.24, 2.45) is 0 Å². The maximum atomic E-state index is 5.76. The van der Waals surface area contributed by atoms with E-state index in [0.29, 0.717) is 15.5 Å². The van der Waals surface area contributed by atoms with Gasteiger partial charge in [0.15, 0.2) is 0 Å². The van der Waals surface area contributed by atoms with Crippen LogP contribution in [0.5, 0.6) is 0 Å². The van der Waals surface area contributed by atoms with Crippen molar-refractivity contribution < 1.29 is 20.4 Å². The summed E-state index contributed by atoms with van der Waals surface area (Å²) >= 11 is 16.7. The van der Waals surface area contributed by atoms with E-state index in [1.165, 1.54) is 63.7 Å². The van der Waals surface area contributed by atoms with Crippen molar-refractivity contribution in [3.63, 3.8) is 0 Å². The minimum Gasteiger partial charge on any atom is -0.262 e. The molecule has 12 heteroatoms. The zero-order valence-corrected chi connectivity index (χ0v) is 65.2. The Labute approximate surface area is 653 Å². The molecule has 105 heavy (non-hydrogen) atoms. The molecule has 0 bridgehead atoms. The van der Waals surface area contributed by atoms with E-state index in [1.54, 1.807) is 36.7 Å². The Morgan fingerprint density at radius 1 is 0.181 bits per heavy atom. The minimum atomic E-state index is -0.446. The van der Waals surface area contributed by atoms with E-state index < -0.39 is 31.7 Å². The predicted molar refractivity (Wildman–Crippen MR) is 456 cm³/mol. The number of hydrogen-bond donors (Lipinski definition) is 0. The molecule has 0 saturated carbocycles. The van der Waals surface area contributed by atoms with Crippen LogP contribution >= 0.6 is 66.5 Å². The fraction of sp³-hybridized carbons (Fsp3) is 0.0108. The molecular weight excluding hydrogens is 1510 g/mol. The van der Waals surface area contributed by atoms with Gasteiger partial charge in [-0.3, -0.25) is 9.97 Å². The summed E-state index contributed by atoms with van der Waals surface area (Å²) in [5, 5.41) is 18.1. The van der Waals surface area contributed by atoms with Gasteiger partial charge in [0.1, 0.15) is 15.5 Å². The summed E-state index contributed by atoms with van der Waals surface area (Å²) in [5.41, 5.74) is 2.71. The van der Waals surface area contributed by atoms with Crippen molar-refractivity contribution in [1.82, 2.24) is 19.9 Å². The second-order valence-corrected chi connectivity index (χ2v) is 32.7. The molecule has 0 aliphatic rings. The van der Waals surface area contributed by atoms with E-state index in [1.807, 2.05) is 55.5 Å². The Kier molecular flexibility index (Phi) is 34.6. The molecule has 0 saturated heterocycles. The van der Waals surface area contributed by atoms with Crippen LogP contribution in [0.1, 0.15) is 5.69 Å². The molecule has 4 nitrogen and oxygen atoms in total. The molecule has 0 spiro atoms. The molecule has 4 heterocycles. The average Bonchev–Trinajstić information content (AvgIpc) is 0.843. The van der Waals surface area contributed by atoms with Gasteiger partial charge >= 0.3 is 0 Å². The first-order valence-electron chi connectivity index (χ1n) is 33.9. The largest absolute Gasteiger partial charge is 0.262 e. The molecule has 16 aromatic rings. The number of nitrogens with zero attached hydrogens (tertiary/aromatic N) is 4. The zero-order valence-electron chi connectivity index (χ0n) is 57.8. The quantitative estimate of drug-likeness (QED) is 0.0656. The van der Waals surface area contributed by atoms with Crippen LogP contribution in [0.25, 0.3) is 11.4 Å². The van der Waals surface area contributed by atoms with Crippen molar-refractivity contribution in [3.8, 4) is 11.4 Å². The maximum absolute atomic E-state index is 5.76. The number of halogens is 3. The van der Waals surface area contributed by atoms with Crippen LogP contribution in [0, 0.1) is 6.92 Å². The minimum absolute atomic E-state index is 0. The number of aromatic nitrogens is 4. The molecule has 0 N–H and O–H groups in total. The average molecular weight is 1590 g/mol. The number of pyridine rings is 4. The third-order valence-electron chi connectivity index (χ3n) is 15.3. The fourth-order valence-electron chi connectivity index (χ4n) is 10.6. The van der Waals surface area contributed by atoms with Gasteiger partial charge in [-0.2, -0.15) is 0 Å². The van der Waals surface area contributed by atoms with Gasteiger partial charge in [0.2, 0.25) is 0 Å². The van der Waals surface area contributed by atoms with Gasteiger partial charge in [-0.05, 0) is 151 Å². The van der Waals surface area contributed by atoms with Gasteiger partial charge in [-0.25, -0.2) is 9.97 Å². The Hall–Kier alpha value is -9.51. The van der Waals surface area contributed by atoms with E-state index >= 15 is 0 Å². The number of benzene rings is 12. The van der Waals surface area contributed by atoms with Crippen LogP contribution in [0.15, 0.2) is 449 Å². The summed E-state index contributed by atoms with van der Waals surface area (Å²) in [5.74, 6) is 0. The SMILES string of the molecule is Cc1ccccn1.Clc1cccc(-c2ccccn2)n1.Clc1cccc(Cl)n1.[Pd].c1ccc(P(c2ccccc2)c2ccccc2)cc1.c1ccc(P(c2ccccc2)c2ccccc2)cc1.c1ccc(P(c2ccccc2)c2ccccc2)cc1.c1ccc(P(c2ccccc2)c2ccccc2)cc1. The van der Waals surface area contributed by atoms with Crippen LogP contribution < -0.4 is 63.7 Å². The van der Waals surface area contributed by atoms with Crippen LogP contribution in [0.3, 0.4) is 0 Å². The van der Waals surface area contributed by atoms with Gasteiger partial charge in [0.25, 0.3) is 0 Å². The van der Waals surface area contributed by atoms with Crippen molar-refractivity contribution in [1.29, 1.82) is 0 Å². The van der Waals surface area contributed by atoms with E-state index in [4.69, 9.17) is 34.8 Å². The molecular formula is C93H77Cl3N4P4Pd. The first-order valence-corrected chi connectivity index (χ1v) is 40.4. The van der Waals surface area contributed by atoms with Crippen LogP contribution in [-0.2, 0) is 20.4 Å². The monoisotopic (exact) mass is 1580 g/mol. The maximum Gasteiger partial charge on any atom is 0.130 e. The van der Waals surface area contributed by atoms with Gasteiger partial charge in [0.05, 0.1) is 11.4 Å². The van der Waals surface area contributed by atoms with Crippen LogP contribution in [-0.4, -0.2) is 19.9 Å². The standard InChI is InChI=1S/4C18H15P.C10H7ClN2.C6H7N.C5H3Cl2N.Pd/c4*1-4-10-16(11-5-1)19(17-12-6-2-7-13-17)18-14-8-3-9-15-18;11-10-6-3-5-9(13-10)8-4-1-2-7-12-8;1-6-4-2-3-5-7-6;6-4-2-1-3-5(7)8-4;/h4*1-15H;1-7H;2-5H,1H3;1-3H;. The van der Waals surface area contributed by atoms with E-state index in [2.05, 4.69) is 384 Å². The molecule has 16 rings (SSSR count). The van der Waals surface area contributed by atoms with Gasteiger partial charge in [-0.15, -0.1) is 0 Å². The van der Waals surface area contributed by atoms with Crippen LogP contribution in [0.2, 0.25) is 15.5 Å². The molecule has 4 aromatic heterocycles. The normalized spacial score (nSPS) is 10.2. The Morgan fingerprint density at radius 3 is 0.514 bits per heavy atom. The topological polar surface area (TPSA) is 51.6 Å². The summed E-state index contributed by atoms with van der Waals surface area (Å²) in [7, 11) is -1.78. The first-order chi connectivity index (χ1) is 51.3. The Bertz CT molecular complexity index is 4060.